The Bertz CT molecular complexity index is 654. The van der Waals surface area contributed by atoms with Crippen molar-refractivity contribution >= 4 is 15.6 Å². The predicted octanol–water partition coefficient (Wildman–Crippen LogP) is 2.66. The smallest absolute Gasteiger partial charge is 0.182 e. The van der Waals surface area contributed by atoms with Crippen molar-refractivity contribution in [1.82, 2.24) is 0 Å². The van der Waals surface area contributed by atoms with Gasteiger partial charge in [0.05, 0.1) is 10.6 Å². The third-order valence-electron chi connectivity index (χ3n) is 3.41. The summed E-state index contributed by atoms with van der Waals surface area (Å²) in [5, 5.41) is 9.98. The molecule has 2 rings (SSSR count). The summed E-state index contributed by atoms with van der Waals surface area (Å²) in [6.07, 6.45) is 0.592. The number of rotatable bonds is 3. The van der Waals surface area contributed by atoms with Crippen LogP contribution in [0.25, 0.3) is 0 Å². The molecule has 4 nitrogen and oxygen atoms in total. The highest BCUT2D eigenvalue weighted by Gasteiger charge is 2.35. The topological polar surface area (TPSA) is 71.4 Å². The quantitative estimate of drug-likeness (QED) is 0.930. The molecule has 1 aromatic rings. The van der Waals surface area contributed by atoms with Crippen molar-refractivity contribution in [3.8, 4) is 0 Å². The Hall–Kier alpha value is -1.62. The van der Waals surface area contributed by atoms with Crippen LogP contribution in [0.2, 0.25) is 0 Å². The van der Waals surface area contributed by atoms with E-state index in [2.05, 4.69) is 0 Å². The second-order valence-corrected chi connectivity index (χ2v) is 7.93. The van der Waals surface area contributed by atoms with Gasteiger partial charge in [-0.1, -0.05) is 32.0 Å². The van der Waals surface area contributed by atoms with E-state index in [1.807, 2.05) is 13.8 Å². The van der Waals surface area contributed by atoms with Crippen molar-refractivity contribution in [2.45, 2.75) is 31.6 Å². The number of Topliss-reactive ketones (excluding diaryl/α,β-unsaturated/α-hetero) is 1. The molecule has 0 aliphatic heterocycles. The third kappa shape index (κ3) is 3.10. The zero-order chi connectivity index (χ0) is 15.0. The Balaban J connectivity index is 2.33. The maximum Gasteiger partial charge on any atom is 0.182 e. The number of allylic oxidation sites excluding steroid dienone is 1. The van der Waals surface area contributed by atoms with Crippen LogP contribution in [-0.2, 0) is 14.6 Å². The highest BCUT2D eigenvalue weighted by atomic mass is 32.2. The second kappa shape index (κ2) is 5.05. The molecule has 0 radical (unpaired) electrons. The van der Waals surface area contributed by atoms with Gasteiger partial charge in [0.2, 0.25) is 0 Å². The lowest BCUT2D eigenvalue weighted by atomic mass is 9.77. The summed E-state index contributed by atoms with van der Waals surface area (Å²) in [6.45, 7) is 3.76. The number of sulfone groups is 1. The van der Waals surface area contributed by atoms with Crippen LogP contribution >= 0.6 is 0 Å². The molecule has 0 unspecified atom stereocenters. The number of hydrogen-bond donors (Lipinski definition) is 1. The normalized spacial score (nSPS) is 19.2. The first kappa shape index (κ1) is 14.8. The van der Waals surface area contributed by atoms with Crippen molar-refractivity contribution in [3.63, 3.8) is 0 Å². The highest BCUT2D eigenvalue weighted by molar-refractivity contribution is 7.91. The number of aliphatic hydroxyl groups is 1. The van der Waals surface area contributed by atoms with E-state index in [1.165, 1.54) is 12.1 Å². The first-order valence-corrected chi connectivity index (χ1v) is 8.08. The molecule has 0 amide bonds. The second-order valence-electron chi connectivity index (χ2n) is 5.94. The molecule has 1 aliphatic carbocycles. The van der Waals surface area contributed by atoms with Gasteiger partial charge < -0.3 is 5.11 Å². The summed E-state index contributed by atoms with van der Waals surface area (Å²) >= 11 is 0. The summed E-state index contributed by atoms with van der Waals surface area (Å²) < 4.78 is 24.5. The first-order chi connectivity index (χ1) is 9.21. The molecule has 0 aromatic heterocycles. The molecule has 1 aliphatic rings. The fourth-order valence-corrected chi connectivity index (χ4v) is 3.84. The van der Waals surface area contributed by atoms with Gasteiger partial charge in [-0.15, -0.1) is 0 Å². The van der Waals surface area contributed by atoms with Crippen LogP contribution in [0.3, 0.4) is 0 Å². The number of benzene rings is 1. The van der Waals surface area contributed by atoms with Gasteiger partial charge in [-0.05, 0) is 17.5 Å². The average Bonchev–Trinajstić information content (AvgIpc) is 2.34. The van der Waals surface area contributed by atoms with E-state index >= 15 is 0 Å². The van der Waals surface area contributed by atoms with Crippen molar-refractivity contribution in [2.75, 3.05) is 5.75 Å². The van der Waals surface area contributed by atoms with Crippen LogP contribution < -0.4 is 0 Å². The lowest BCUT2D eigenvalue weighted by Gasteiger charge is -2.29. The molecule has 108 valence electrons. The minimum absolute atomic E-state index is 0.0354. The van der Waals surface area contributed by atoms with Crippen LogP contribution in [0.4, 0.5) is 0 Å². The highest BCUT2D eigenvalue weighted by Crippen LogP contribution is 2.36. The molecule has 5 heteroatoms. The molecule has 0 saturated heterocycles. The van der Waals surface area contributed by atoms with Gasteiger partial charge in [-0.2, -0.15) is 0 Å². The Labute approximate surface area is 119 Å². The fourth-order valence-electron chi connectivity index (χ4n) is 2.39. The molecule has 0 spiro atoms. The van der Waals surface area contributed by atoms with Crippen molar-refractivity contribution < 1.29 is 18.3 Å². The van der Waals surface area contributed by atoms with Gasteiger partial charge in [0.15, 0.2) is 15.6 Å². The van der Waals surface area contributed by atoms with Crippen LogP contribution in [-0.4, -0.2) is 25.1 Å². The van der Waals surface area contributed by atoms with Crippen LogP contribution in [0.5, 0.6) is 0 Å². The van der Waals surface area contributed by atoms with Crippen molar-refractivity contribution in [2.24, 2.45) is 5.41 Å². The van der Waals surface area contributed by atoms with Crippen molar-refractivity contribution in [1.29, 1.82) is 0 Å². The molecule has 0 bridgehead atoms. The fraction of sp³-hybridized carbons (Fsp3) is 0.400. The molecular formula is C15H18O4S. The predicted molar refractivity (Wildman–Crippen MR) is 76.2 cm³/mol. The van der Waals surface area contributed by atoms with E-state index in [1.54, 1.807) is 18.2 Å². The van der Waals surface area contributed by atoms with Crippen molar-refractivity contribution in [3.05, 3.63) is 41.7 Å². The van der Waals surface area contributed by atoms with E-state index in [0.717, 1.165) is 0 Å². The maximum absolute atomic E-state index is 12.3. The Morgan fingerprint density at radius 2 is 1.75 bits per heavy atom. The summed E-state index contributed by atoms with van der Waals surface area (Å²) in [6, 6.07) is 7.97. The zero-order valence-electron chi connectivity index (χ0n) is 11.6. The number of carbonyl (C=O) groups is 1. The lowest BCUT2D eigenvalue weighted by Crippen LogP contribution is -2.29. The first-order valence-electron chi connectivity index (χ1n) is 6.43. The van der Waals surface area contributed by atoms with Crippen LogP contribution in [0.15, 0.2) is 46.6 Å². The SMILES string of the molecule is CC1(C)CC(=O)C(CS(=O)(=O)c2ccccc2)=C(O)C1. The summed E-state index contributed by atoms with van der Waals surface area (Å²) in [4.78, 5) is 12.2. The molecular weight excluding hydrogens is 276 g/mol. The monoisotopic (exact) mass is 294 g/mol. The summed E-state index contributed by atoms with van der Waals surface area (Å²) in [7, 11) is -3.60. The minimum Gasteiger partial charge on any atom is -0.512 e. The van der Waals surface area contributed by atoms with E-state index < -0.39 is 15.6 Å². The van der Waals surface area contributed by atoms with Crippen LogP contribution in [0, 0.1) is 5.41 Å². The number of hydrogen-bond acceptors (Lipinski definition) is 4. The zero-order valence-corrected chi connectivity index (χ0v) is 12.4. The summed E-state index contributed by atoms with van der Waals surface area (Å²) in [5.74, 6) is -0.804. The van der Waals surface area contributed by atoms with Gasteiger partial charge in [0.1, 0.15) is 5.76 Å². The van der Waals surface area contributed by atoms with Gasteiger partial charge >= 0.3 is 0 Å². The lowest BCUT2D eigenvalue weighted by molar-refractivity contribution is -0.118. The average molecular weight is 294 g/mol. The Kier molecular flexibility index (Phi) is 3.73. The molecule has 1 aromatic carbocycles. The minimum atomic E-state index is -3.60. The maximum atomic E-state index is 12.3. The summed E-state index contributed by atoms with van der Waals surface area (Å²) in [5.41, 5.74) is -0.283. The van der Waals surface area contributed by atoms with E-state index in [4.69, 9.17) is 0 Å². The number of aliphatic hydroxyl groups excluding tert-OH is 1. The number of carbonyl (C=O) groups excluding carboxylic acids is 1. The Morgan fingerprint density at radius 3 is 2.30 bits per heavy atom. The van der Waals surface area contributed by atoms with E-state index in [9.17, 15) is 18.3 Å². The molecule has 0 heterocycles. The largest absolute Gasteiger partial charge is 0.512 e. The van der Waals surface area contributed by atoms with Gasteiger partial charge in [0.25, 0.3) is 0 Å². The molecule has 0 fully saturated rings. The number of ketones is 1. The van der Waals surface area contributed by atoms with Gasteiger partial charge in [-0.3, -0.25) is 4.79 Å². The molecule has 1 N–H and O–H groups in total. The van der Waals surface area contributed by atoms with Crippen LogP contribution in [0.1, 0.15) is 26.7 Å². The third-order valence-corrected chi connectivity index (χ3v) is 5.07. The van der Waals surface area contributed by atoms with E-state index in [0.29, 0.717) is 6.42 Å². The molecule has 0 saturated carbocycles. The standard InChI is InChI=1S/C15H18O4S/c1-15(2)8-13(16)12(14(17)9-15)10-20(18,19)11-6-4-3-5-7-11/h3-7,16H,8-10H2,1-2H3. The molecule has 0 atom stereocenters. The molecule has 20 heavy (non-hydrogen) atoms. The van der Waals surface area contributed by atoms with Gasteiger partial charge in [-0.25, -0.2) is 8.42 Å². The Morgan fingerprint density at radius 1 is 1.15 bits per heavy atom. The van der Waals surface area contributed by atoms with Gasteiger partial charge in [0, 0.05) is 18.4 Å². The van der Waals surface area contributed by atoms with E-state index in [-0.39, 0.29) is 33.8 Å².